The maximum absolute atomic E-state index is 12.6. The van der Waals surface area contributed by atoms with Crippen LogP contribution in [0.1, 0.15) is 23.6 Å². The van der Waals surface area contributed by atoms with Crippen LogP contribution < -0.4 is 10.6 Å². The van der Waals surface area contributed by atoms with Crippen molar-refractivity contribution in [2.45, 2.75) is 18.2 Å². The van der Waals surface area contributed by atoms with E-state index >= 15 is 0 Å². The Labute approximate surface area is 169 Å². The molecule has 0 bridgehead atoms. The molecule has 0 spiro atoms. The molecule has 2 N–H and O–H groups in total. The third kappa shape index (κ3) is 7.24. The van der Waals surface area contributed by atoms with Gasteiger partial charge in [-0.05, 0) is 24.7 Å². The molecule has 1 amide bonds. The summed E-state index contributed by atoms with van der Waals surface area (Å²) in [5.74, 6) is 1.12. The standard InChI is InChI=1S/C18H24N4O3S.ClH/c1-19-17(14-10-20-22(2)11-14)18(24)21-15-6-4-5-13(9-15)12-26-8-7-16(23)25-3;/h4-6,9-11,17,19H,7-8,12H2,1-3H3,(H,21,24);1H. The van der Waals surface area contributed by atoms with Crippen LogP contribution in [0.3, 0.4) is 0 Å². The van der Waals surface area contributed by atoms with E-state index in [1.54, 1.807) is 29.7 Å². The molecule has 0 aliphatic carbocycles. The number of anilines is 1. The van der Waals surface area contributed by atoms with Crippen LogP contribution in [0.25, 0.3) is 0 Å². The smallest absolute Gasteiger partial charge is 0.306 e. The average Bonchev–Trinajstić information content (AvgIpc) is 3.05. The van der Waals surface area contributed by atoms with Crippen molar-refractivity contribution in [1.29, 1.82) is 0 Å². The first-order valence-electron chi connectivity index (χ1n) is 8.23. The van der Waals surface area contributed by atoms with Crippen LogP contribution in [-0.2, 0) is 27.1 Å². The van der Waals surface area contributed by atoms with Crippen LogP contribution in [0.4, 0.5) is 5.69 Å². The fourth-order valence-corrected chi connectivity index (χ4v) is 3.31. The molecule has 0 fully saturated rings. The Balaban J connectivity index is 0.00000364. The third-order valence-electron chi connectivity index (χ3n) is 3.75. The van der Waals surface area contributed by atoms with E-state index in [9.17, 15) is 9.59 Å². The number of hydrogen-bond donors (Lipinski definition) is 2. The van der Waals surface area contributed by atoms with Gasteiger partial charge in [0.15, 0.2) is 0 Å². The van der Waals surface area contributed by atoms with Crippen molar-refractivity contribution >= 4 is 41.7 Å². The second-order valence-corrected chi connectivity index (χ2v) is 6.84. The molecule has 0 aliphatic rings. The summed E-state index contributed by atoms with van der Waals surface area (Å²) < 4.78 is 6.29. The molecule has 1 unspecified atom stereocenters. The van der Waals surface area contributed by atoms with Crippen LogP contribution in [-0.4, -0.2) is 41.6 Å². The minimum Gasteiger partial charge on any atom is -0.469 e. The van der Waals surface area contributed by atoms with Crippen molar-refractivity contribution in [2.24, 2.45) is 7.05 Å². The van der Waals surface area contributed by atoms with Crippen molar-refractivity contribution in [3.05, 3.63) is 47.8 Å². The number of carbonyl (C=O) groups excluding carboxylic acids is 2. The Morgan fingerprint density at radius 1 is 1.37 bits per heavy atom. The fraction of sp³-hybridized carbons (Fsp3) is 0.389. The van der Waals surface area contributed by atoms with Crippen LogP contribution in [0.5, 0.6) is 0 Å². The van der Waals surface area contributed by atoms with Gasteiger partial charge in [0.25, 0.3) is 0 Å². The first kappa shape index (κ1) is 23.0. The average molecular weight is 413 g/mol. The van der Waals surface area contributed by atoms with Crippen LogP contribution >= 0.6 is 24.2 Å². The van der Waals surface area contributed by atoms with E-state index in [4.69, 9.17) is 0 Å². The topological polar surface area (TPSA) is 85.2 Å². The molecule has 1 aromatic carbocycles. The van der Waals surface area contributed by atoms with E-state index in [-0.39, 0.29) is 24.3 Å². The number of esters is 1. The summed E-state index contributed by atoms with van der Waals surface area (Å²) in [6.45, 7) is 0. The summed E-state index contributed by atoms with van der Waals surface area (Å²) in [6, 6.07) is 7.24. The summed E-state index contributed by atoms with van der Waals surface area (Å²) in [5, 5.41) is 10.1. The zero-order valence-corrected chi connectivity index (χ0v) is 17.2. The summed E-state index contributed by atoms with van der Waals surface area (Å²) in [7, 11) is 4.95. The molecule has 1 aromatic heterocycles. The Bertz CT molecular complexity index is 754. The van der Waals surface area contributed by atoms with E-state index in [1.807, 2.05) is 37.5 Å². The number of rotatable bonds is 9. The highest BCUT2D eigenvalue weighted by Gasteiger charge is 2.20. The number of likely N-dealkylation sites (N-methyl/N-ethyl adjacent to an activating group) is 1. The zero-order chi connectivity index (χ0) is 18.9. The minimum atomic E-state index is -0.471. The first-order valence-corrected chi connectivity index (χ1v) is 9.39. The minimum absolute atomic E-state index is 0. The molecule has 0 aliphatic heterocycles. The molecule has 1 atom stereocenters. The molecule has 2 rings (SSSR count). The first-order chi connectivity index (χ1) is 12.5. The number of aromatic nitrogens is 2. The van der Waals surface area contributed by atoms with Gasteiger partial charge in [-0.15, -0.1) is 12.4 Å². The van der Waals surface area contributed by atoms with Crippen molar-refractivity contribution in [2.75, 3.05) is 25.2 Å². The largest absolute Gasteiger partial charge is 0.469 e. The van der Waals surface area contributed by atoms with Gasteiger partial charge in [0.1, 0.15) is 6.04 Å². The predicted molar refractivity (Wildman–Crippen MR) is 110 cm³/mol. The van der Waals surface area contributed by atoms with Gasteiger partial charge in [0.2, 0.25) is 5.91 Å². The highest BCUT2D eigenvalue weighted by Crippen LogP contribution is 2.19. The van der Waals surface area contributed by atoms with E-state index < -0.39 is 6.04 Å². The Hall–Kier alpha value is -2.03. The summed E-state index contributed by atoms with van der Waals surface area (Å²) in [4.78, 5) is 23.7. The lowest BCUT2D eigenvalue weighted by Gasteiger charge is -2.15. The number of nitrogens with one attached hydrogen (secondary N) is 2. The van der Waals surface area contributed by atoms with Crippen molar-refractivity contribution in [3.8, 4) is 0 Å². The Morgan fingerprint density at radius 2 is 2.15 bits per heavy atom. The maximum atomic E-state index is 12.6. The number of halogens is 1. The SMILES string of the molecule is CNC(C(=O)Nc1cccc(CSCCC(=O)OC)c1)c1cnn(C)c1.Cl. The number of methoxy groups -OCH3 is 1. The highest BCUT2D eigenvalue weighted by molar-refractivity contribution is 7.98. The second-order valence-electron chi connectivity index (χ2n) is 5.74. The van der Waals surface area contributed by atoms with Crippen molar-refractivity contribution < 1.29 is 14.3 Å². The summed E-state index contributed by atoms with van der Waals surface area (Å²) >= 11 is 1.65. The molecule has 148 valence electrons. The molecule has 0 saturated carbocycles. The Morgan fingerprint density at radius 3 is 2.78 bits per heavy atom. The van der Waals surface area contributed by atoms with E-state index in [2.05, 4.69) is 20.5 Å². The van der Waals surface area contributed by atoms with Crippen molar-refractivity contribution in [1.82, 2.24) is 15.1 Å². The van der Waals surface area contributed by atoms with Gasteiger partial charge in [-0.2, -0.15) is 16.9 Å². The van der Waals surface area contributed by atoms with E-state index in [0.29, 0.717) is 12.2 Å². The zero-order valence-electron chi connectivity index (χ0n) is 15.6. The van der Waals surface area contributed by atoms with Gasteiger partial charge in [0.05, 0.1) is 19.7 Å². The third-order valence-corrected chi connectivity index (χ3v) is 4.78. The number of hydrogen-bond acceptors (Lipinski definition) is 6. The highest BCUT2D eigenvalue weighted by atomic mass is 35.5. The molecule has 7 nitrogen and oxygen atoms in total. The molecule has 0 radical (unpaired) electrons. The van der Waals surface area contributed by atoms with Gasteiger partial charge in [-0.25, -0.2) is 0 Å². The number of aryl methyl sites for hydroxylation is 1. The molecule has 0 saturated heterocycles. The molecule has 27 heavy (non-hydrogen) atoms. The lowest BCUT2D eigenvalue weighted by molar-refractivity contribution is -0.140. The Kier molecular flexibility index (Phi) is 9.92. The number of ether oxygens (including phenoxy) is 1. The van der Waals surface area contributed by atoms with Crippen LogP contribution in [0, 0.1) is 0 Å². The number of nitrogens with zero attached hydrogens (tertiary/aromatic N) is 2. The molecule has 1 heterocycles. The lowest BCUT2D eigenvalue weighted by atomic mass is 10.1. The molecular weight excluding hydrogens is 388 g/mol. The van der Waals surface area contributed by atoms with Gasteiger partial charge in [0, 0.05) is 36.0 Å². The van der Waals surface area contributed by atoms with Gasteiger partial charge in [-0.3, -0.25) is 14.3 Å². The van der Waals surface area contributed by atoms with Crippen LogP contribution in [0.2, 0.25) is 0 Å². The van der Waals surface area contributed by atoms with Crippen LogP contribution in [0.15, 0.2) is 36.7 Å². The summed E-state index contributed by atoms with van der Waals surface area (Å²) in [6.07, 6.45) is 3.89. The number of carbonyl (C=O) groups is 2. The summed E-state index contributed by atoms with van der Waals surface area (Å²) in [5.41, 5.74) is 2.63. The van der Waals surface area contributed by atoms with Gasteiger partial charge < -0.3 is 15.4 Å². The molecular formula is C18H25ClN4O3S. The molecule has 9 heteroatoms. The quantitative estimate of drug-likeness (QED) is 0.486. The number of thioether (sulfide) groups is 1. The van der Waals surface area contributed by atoms with E-state index in [1.165, 1.54) is 7.11 Å². The monoisotopic (exact) mass is 412 g/mol. The second kappa shape index (κ2) is 11.6. The number of amides is 1. The predicted octanol–water partition coefficient (Wildman–Crippen LogP) is 2.54. The van der Waals surface area contributed by atoms with Gasteiger partial charge >= 0.3 is 5.97 Å². The number of benzene rings is 1. The lowest BCUT2D eigenvalue weighted by Crippen LogP contribution is -2.30. The van der Waals surface area contributed by atoms with Crippen molar-refractivity contribution in [3.63, 3.8) is 0 Å². The fourth-order valence-electron chi connectivity index (χ4n) is 2.44. The van der Waals surface area contributed by atoms with E-state index in [0.717, 1.165) is 22.6 Å². The normalized spacial score (nSPS) is 11.4. The van der Waals surface area contributed by atoms with Gasteiger partial charge in [-0.1, -0.05) is 12.1 Å². The molecule has 2 aromatic rings. The maximum Gasteiger partial charge on any atom is 0.306 e.